The van der Waals surface area contributed by atoms with E-state index in [2.05, 4.69) is 5.16 Å². The second-order valence-corrected chi connectivity index (χ2v) is 7.48. The number of carbonyl (C=O) groups excluding carboxylic acids is 1. The van der Waals surface area contributed by atoms with Crippen molar-refractivity contribution in [2.45, 2.75) is 51.4 Å². The summed E-state index contributed by atoms with van der Waals surface area (Å²) >= 11 is 0. The molecule has 1 unspecified atom stereocenters. The van der Waals surface area contributed by atoms with E-state index >= 15 is 0 Å². The first-order chi connectivity index (χ1) is 12.8. The fourth-order valence-electron chi connectivity index (χ4n) is 4.21. The van der Waals surface area contributed by atoms with Crippen LogP contribution in [0.1, 0.15) is 54.7 Å². The number of carboxylic acid groups (broad SMARTS) is 1. The smallest absolute Gasteiger partial charge is 0.314 e. The molecule has 3 rings (SSSR count). The second kappa shape index (κ2) is 7.55. The van der Waals surface area contributed by atoms with E-state index in [4.69, 9.17) is 4.52 Å². The van der Waals surface area contributed by atoms with E-state index < -0.39 is 11.4 Å². The Morgan fingerprint density at radius 3 is 2.37 bits per heavy atom. The van der Waals surface area contributed by atoms with E-state index in [-0.39, 0.29) is 11.8 Å². The Labute approximate surface area is 159 Å². The molecule has 6 nitrogen and oxygen atoms in total. The van der Waals surface area contributed by atoms with E-state index in [0.717, 1.165) is 22.6 Å². The van der Waals surface area contributed by atoms with Crippen LogP contribution in [-0.4, -0.2) is 40.1 Å². The number of hydrogen-bond acceptors (Lipinski definition) is 4. The third-order valence-corrected chi connectivity index (χ3v) is 5.77. The van der Waals surface area contributed by atoms with Crippen molar-refractivity contribution in [2.24, 2.45) is 0 Å². The lowest BCUT2D eigenvalue weighted by molar-refractivity contribution is -0.148. The van der Waals surface area contributed by atoms with Gasteiger partial charge in [0, 0.05) is 25.1 Å². The molecule has 0 saturated carbocycles. The molecule has 0 bridgehead atoms. The molecule has 2 heterocycles. The zero-order chi connectivity index (χ0) is 19.6. The lowest BCUT2D eigenvalue weighted by atomic mass is 9.72. The maximum Gasteiger partial charge on any atom is 0.314 e. The first-order valence-electron chi connectivity index (χ1n) is 9.34. The number of likely N-dealkylation sites (tertiary alicyclic amines) is 1. The summed E-state index contributed by atoms with van der Waals surface area (Å²) < 4.78 is 5.21. The average Bonchev–Trinajstić information content (AvgIpc) is 3.00. The second-order valence-electron chi connectivity index (χ2n) is 7.48. The number of aromatic nitrogens is 1. The Balaban J connectivity index is 1.68. The maximum absolute atomic E-state index is 12.8. The number of piperidine rings is 1. The van der Waals surface area contributed by atoms with Crippen LogP contribution in [0.5, 0.6) is 0 Å². The summed E-state index contributed by atoms with van der Waals surface area (Å²) in [5.74, 6) is 0.00360. The average molecular weight is 370 g/mol. The minimum Gasteiger partial charge on any atom is -0.481 e. The van der Waals surface area contributed by atoms with Gasteiger partial charge in [-0.25, -0.2) is 0 Å². The van der Waals surface area contributed by atoms with Crippen molar-refractivity contribution >= 4 is 11.9 Å². The first kappa shape index (κ1) is 19.1. The van der Waals surface area contributed by atoms with Crippen LogP contribution < -0.4 is 0 Å². The Hall–Kier alpha value is -2.63. The Kier molecular flexibility index (Phi) is 5.35. The molecule has 0 radical (unpaired) electrons. The molecule has 1 atom stereocenters. The highest BCUT2D eigenvalue weighted by atomic mass is 16.5. The standard InChI is InChI=1S/C21H26N2O4/c1-14(19-15(2)22-27-16(19)3)13-18(24)23-11-9-21(10-12-23,20(25)26)17-7-5-4-6-8-17/h4-8,14H,9-13H2,1-3H3,(H,25,26). The van der Waals surface area contributed by atoms with Gasteiger partial charge in [-0.3, -0.25) is 9.59 Å². The summed E-state index contributed by atoms with van der Waals surface area (Å²) in [4.78, 5) is 26.6. The van der Waals surface area contributed by atoms with Gasteiger partial charge in [0.05, 0.1) is 11.1 Å². The van der Waals surface area contributed by atoms with Gasteiger partial charge >= 0.3 is 5.97 Å². The van der Waals surface area contributed by atoms with Crippen LogP contribution in [0.3, 0.4) is 0 Å². The lowest BCUT2D eigenvalue weighted by Crippen LogP contribution is -2.49. The molecular weight excluding hydrogens is 344 g/mol. The normalized spacial score (nSPS) is 17.5. The number of aliphatic carboxylic acids is 1. The summed E-state index contributed by atoms with van der Waals surface area (Å²) in [5, 5.41) is 13.8. The minimum atomic E-state index is -0.911. The molecule has 0 spiro atoms. The summed E-state index contributed by atoms with van der Waals surface area (Å²) in [6, 6.07) is 9.34. The first-order valence-corrected chi connectivity index (χ1v) is 9.34. The van der Waals surface area contributed by atoms with E-state index in [0.29, 0.717) is 32.4 Å². The molecule has 1 aromatic heterocycles. The molecular formula is C21H26N2O4. The highest BCUT2D eigenvalue weighted by Gasteiger charge is 2.43. The van der Waals surface area contributed by atoms with Crippen LogP contribution >= 0.6 is 0 Å². The molecule has 2 aromatic rings. The van der Waals surface area contributed by atoms with E-state index in [1.54, 1.807) is 4.90 Å². The number of aryl methyl sites for hydroxylation is 2. The highest BCUT2D eigenvalue weighted by molar-refractivity contribution is 5.83. The van der Waals surface area contributed by atoms with Gasteiger partial charge in [-0.05, 0) is 38.2 Å². The molecule has 1 N–H and O–H groups in total. The third-order valence-electron chi connectivity index (χ3n) is 5.77. The number of carbonyl (C=O) groups is 2. The Morgan fingerprint density at radius 2 is 1.85 bits per heavy atom. The predicted molar refractivity (Wildman–Crippen MR) is 101 cm³/mol. The number of rotatable bonds is 5. The molecule has 1 amide bonds. The topological polar surface area (TPSA) is 83.6 Å². The van der Waals surface area contributed by atoms with Gasteiger partial charge in [0.25, 0.3) is 0 Å². The predicted octanol–water partition coefficient (Wildman–Crippen LogP) is 3.43. The number of amides is 1. The summed E-state index contributed by atoms with van der Waals surface area (Å²) in [7, 11) is 0. The van der Waals surface area contributed by atoms with Crippen LogP contribution in [0.2, 0.25) is 0 Å². The molecule has 1 aliphatic heterocycles. The van der Waals surface area contributed by atoms with Crippen LogP contribution in [0.4, 0.5) is 0 Å². The zero-order valence-corrected chi connectivity index (χ0v) is 16.1. The van der Waals surface area contributed by atoms with Gasteiger partial charge in [-0.15, -0.1) is 0 Å². The van der Waals surface area contributed by atoms with Gasteiger partial charge in [0.2, 0.25) is 5.91 Å². The number of carboxylic acids is 1. The number of hydrogen-bond donors (Lipinski definition) is 1. The summed E-state index contributed by atoms with van der Waals surface area (Å²) in [5.41, 5.74) is 1.71. The van der Waals surface area contributed by atoms with E-state index in [1.165, 1.54) is 0 Å². The Morgan fingerprint density at radius 1 is 1.22 bits per heavy atom. The Bertz CT molecular complexity index is 800. The maximum atomic E-state index is 12.8. The number of benzene rings is 1. The van der Waals surface area contributed by atoms with Crippen molar-refractivity contribution in [3.05, 3.63) is 52.9 Å². The van der Waals surface area contributed by atoms with Crippen molar-refractivity contribution in [3.8, 4) is 0 Å². The quantitative estimate of drug-likeness (QED) is 0.872. The van der Waals surface area contributed by atoms with Crippen molar-refractivity contribution in [3.63, 3.8) is 0 Å². The molecule has 1 saturated heterocycles. The van der Waals surface area contributed by atoms with Crippen LogP contribution in [-0.2, 0) is 15.0 Å². The van der Waals surface area contributed by atoms with E-state index in [1.807, 2.05) is 51.1 Å². The van der Waals surface area contributed by atoms with Crippen molar-refractivity contribution in [2.75, 3.05) is 13.1 Å². The SMILES string of the molecule is Cc1noc(C)c1C(C)CC(=O)N1CCC(C(=O)O)(c2ccccc2)CC1. The molecule has 27 heavy (non-hydrogen) atoms. The summed E-state index contributed by atoms with van der Waals surface area (Å²) in [6.45, 7) is 6.65. The number of nitrogens with zero attached hydrogens (tertiary/aromatic N) is 2. The molecule has 144 valence electrons. The molecule has 6 heteroatoms. The van der Waals surface area contributed by atoms with Gasteiger partial charge in [-0.1, -0.05) is 42.4 Å². The van der Waals surface area contributed by atoms with Crippen molar-refractivity contribution in [1.82, 2.24) is 10.1 Å². The van der Waals surface area contributed by atoms with Crippen molar-refractivity contribution in [1.29, 1.82) is 0 Å². The fraction of sp³-hybridized carbons (Fsp3) is 0.476. The third kappa shape index (κ3) is 3.61. The van der Waals surface area contributed by atoms with Crippen LogP contribution in [0.25, 0.3) is 0 Å². The van der Waals surface area contributed by atoms with Gasteiger partial charge in [0.1, 0.15) is 5.76 Å². The fourth-order valence-corrected chi connectivity index (χ4v) is 4.21. The zero-order valence-electron chi connectivity index (χ0n) is 16.1. The minimum absolute atomic E-state index is 0.0176. The lowest BCUT2D eigenvalue weighted by Gasteiger charge is -2.39. The van der Waals surface area contributed by atoms with Gasteiger partial charge in [0.15, 0.2) is 0 Å². The van der Waals surface area contributed by atoms with E-state index in [9.17, 15) is 14.7 Å². The van der Waals surface area contributed by atoms with Crippen LogP contribution in [0.15, 0.2) is 34.9 Å². The van der Waals surface area contributed by atoms with Gasteiger partial charge < -0.3 is 14.5 Å². The summed E-state index contributed by atoms with van der Waals surface area (Å²) in [6.07, 6.45) is 1.23. The monoisotopic (exact) mass is 370 g/mol. The molecule has 1 fully saturated rings. The molecule has 0 aliphatic carbocycles. The van der Waals surface area contributed by atoms with Gasteiger partial charge in [-0.2, -0.15) is 0 Å². The highest BCUT2D eigenvalue weighted by Crippen LogP contribution is 2.36. The molecule has 1 aliphatic rings. The van der Waals surface area contributed by atoms with Crippen molar-refractivity contribution < 1.29 is 19.2 Å². The largest absolute Gasteiger partial charge is 0.481 e. The van der Waals surface area contributed by atoms with Crippen LogP contribution in [0, 0.1) is 13.8 Å². The molecule has 1 aromatic carbocycles.